The Bertz CT molecular complexity index is 1260. The highest BCUT2D eigenvalue weighted by atomic mass is 16.5. The largest absolute Gasteiger partial charge is 0.497 e. The van der Waals surface area contributed by atoms with Gasteiger partial charge in [0.25, 0.3) is 0 Å². The van der Waals surface area contributed by atoms with Gasteiger partial charge in [0, 0.05) is 22.7 Å². The van der Waals surface area contributed by atoms with Crippen LogP contribution in [0.4, 0.5) is 11.4 Å². The molecule has 4 aromatic rings. The van der Waals surface area contributed by atoms with E-state index in [2.05, 4.69) is 132 Å². The lowest BCUT2D eigenvalue weighted by molar-refractivity contribution is 0.359. The number of nitrogens with one attached hydrogen (secondary N) is 1. The van der Waals surface area contributed by atoms with Crippen LogP contribution in [-0.4, -0.2) is 7.11 Å². The highest BCUT2D eigenvalue weighted by molar-refractivity contribution is 5.98. The van der Waals surface area contributed by atoms with Crippen molar-refractivity contribution in [1.82, 2.24) is 0 Å². The number of anilines is 2. The fraction of sp³-hybridized carbons (Fsp3) is 0.312. The average molecular weight is 452 g/mol. The third-order valence-electron chi connectivity index (χ3n) is 6.61. The number of rotatable bonds is 5. The second-order valence-corrected chi connectivity index (χ2v) is 11.3. The molecule has 0 aliphatic rings. The van der Waals surface area contributed by atoms with Crippen LogP contribution in [0.15, 0.2) is 84.9 Å². The van der Waals surface area contributed by atoms with Crippen molar-refractivity contribution in [3.8, 4) is 5.75 Å². The summed E-state index contributed by atoms with van der Waals surface area (Å²) in [7, 11) is 1.71. The number of ether oxygens (including phenoxy) is 1. The molecule has 0 spiro atoms. The Kier molecular flexibility index (Phi) is 6.45. The zero-order valence-corrected chi connectivity index (χ0v) is 21.6. The van der Waals surface area contributed by atoms with Gasteiger partial charge in [-0.05, 0) is 63.2 Å². The van der Waals surface area contributed by atoms with Crippen LogP contribution < -0.4 is 10.1 Å². The Labute approximate surface area is 205 Å². The minimum atomic E-state index is 0.0507. The SMILES string of the molecule is COc1ccc(C(c2ccc(Nc3ccc(C(C)(C)C)cc3)c3ccccc23)C(C)(C)C)cc1. The van der Waals surface area contributed by atoms with Gasteiger partial charge in [0.15, 0.2) is 0 Å². The molecule has 0 aliphatic heterocycles. The summed E-state index contributed by atoms with van der Waals surface area (Å²) >= 11 is 0. The van der Waals surface area contributed by atoms with E-state index in [1.807, 2.05) is 0 Å². The van der Waals surface area contributed by atoms with E-state index in [0.717, 1.165) is 17.1 Å². The van der Waals surface area contributed by atoms with Gasteiger partial charge >= 0.3 is 0 Å². The summed E-state index contributed by atoms with van der Waals surface area (Å²) < 4.78 is 5.40. The van der Waals surface area contributed by atoms with Crippen molar-refractivity contribution in [2.75, 3.05) is 12.4 Å². The molecule has 0 saturated carbocycles. The van der Waals surface area contributed by atoms with Gasteiger partial charge in [0.2, 0.25) is 0 Å². The van der Waals surface area contributed by atoms with Crippen molar-refractivity contribution in [1.29, 1.82) is 0 Å². The molecule has 176 valence electrons. The Balaban J connectivity index is 1.77. The first-order chi connectivity index (χ1) is 16.1. The molecule has 0 saturated heterocycles. The molecule has 0 aromatic heterocycles. The fourth-order valence-electron chi connectivity index (χ4n) is 4.83. The Hall–Kier alpha value is -3.26. The molecule has 0 heterocycles. The molecule has 1 unspecified atom stereocenters. The van der Waals surface area contributed by atoms with Gasteiger partial charge in [-0.15, -0.1) is 0 Å². The first kappa shape index (κ1) is 23.9. The highest BCUT2D eigenvalue weighted by Crippen LogP contribution is 2.44. The zero-order valence-electron chi connectivity index (χ0n) is 21.6. The molecular weight excluding hydrogens is 414 g/mol. The van der Waals surface area contributed by atoms with E-state index in [1.165, 1.54) is 27.5 Å². The minimum absolute atomic E-state index is 0.0507. The summed E-state index contributed by atoms with van der Waals surface area (Å²) in [6.45, 7) is 13.7. The number of hydrogen-bond donors (Lipinski definition) is 1. The second-order valence-electron chi connectivity index (χ2n) is 11.3. The topological polar surface area (TPSA) is 21.3 Å². The van der Waals surface area contributed by atoms with Crippen LogP contribution in [0.3, 0.4) is 0 Å². The lowest BCUT2D eigenvalue weighted by Crippen LogP contribution is -2.20. The molecule has 0 bridgehead atoms. The van der Waals surface area contributed by atoms with E-state index in [-0.39, 0.29) is 16.7 Å². The van der Waals surface area contributed by atoms with Crippen molar-refractivity contribution in [3.05, 3.63) is 102 Å². The summed E-state index contributed by atoms with van der Waals surface area (Å²) in [5.41, 5.74) is 6.43. The second kappa shape index (κ2) is 9.18. The molecule has 2 heteroatoms. The first-order valence-electron chi connectivity index (χ1n) is 12.1. The molecular formula is C32H37NO. The minimum Gasteiger partial charge on any atom is -0.497 e. The maximum absolute atomic E-state index is 5.40. The predicted octanol–water partition coefficient (Wildman–Crippen LogP) is 9.07. The lowest BCUT2D eigenvalue weighted by Gasteiger charge is -2.33. The number of methoxy groups -OCH3 is 1. The van der Waals surface area contributed by atoms with Crippen LogP contribution in [0, 0.1) is 5.41 Å². The third kappa shape index (κ3) is 4.97. The molecule has 1 atom stereocenters. The van der Waals surface area contributed by atoms with E-state index in [4.69, 9.17) is 4.74 Å². The predicted molar refractivity (Wildman–Crippen MR) is 147 cm³/mol. The Morgan fingerprint density at radius 2 is 1.29 bits per heavy atom. The van der Waals surface area contributed by atoms with Gasteiger partial charge in [-0.2, -0.15) is 0 Å². The van der Waals surface area contributed by atoms with Crippen LogP contribution in [0.5, 0.6) is 5.75 Å². The van der Waals surface area contributed by atoms with Crippen molar-refractivity contribution < 1.29 is 4.74 Å². The molecule has 4 aromatic carbocycles. The van der Waals surface area contributed by atoms with Gasteiger partial charge in [0.1, 0.15) is 5.75 Å². The van der Waals surface area contributed by atoms with Crippen LogP contribution in [-0.2, 0) is 5.41 Å². The van der Waals surface area contributed by atoms with Crippen molar-refractivity contribution >= 4 is 22.1 Å². The maximum Gasteiger partial charge on any atom is 0.118 e. The summed E-state index contributed by atoms with van der Waals surface area (Å²) in [6.07, 6.45) is 0. The van der Waals surface area contributed by atoms with E-state index in [0.29, 0.717) is 0 Å². The van der Waals surface area contributed by atoms with Gasteiger partial charge < -0.3 is 10.1 Å². The van der Waals surface area contributed by atoms with E-state index in [9.17, 15) is 0 Å². The zero-order chi connectivity index (χ0) is 24.5. The molecule has 0 aliphatic carbocycles. The molecule has 34 heavy (non-hydrogen) atoms. The van der Waals surface area contributed by atoms with Crippen molar-refractivity contribution in [2.24, 2.45) is 5.41 Å². The Morgan fingerprint density at radius 1 is 0.676 bits per heavy atom. The van der Waals surface area contributed by atoms with Crippen LogP contribution in [0.25, 0.3) is 10.8 Å². The van der Waals surface area contributed by atoms with Gasteiger partial charge in [-0.1, -0.05) is 96.1 Å². The van der Waals surface area contributed by atoms with Crippen LogP contribution >= 0.6 is 0 Å². The highest BCUT2D eigenvalue weighted by Gasteiger charge is 2.29. The maximum atomic E-state index is 5.40. The van der Waals surface area contributed by atoms with Gasteiger partial charge in [-0.25, -0.2) is 0 Å². The van der Waals surface area contributed by atoms with Gasteiger partial charge in [0.05, 0.1) is 7.11 Å². The number of fused-ring (bicyclic) bond motifs is 1. The normalized spacial score (nSPS) is 13.0. The summed E-state index contributed by atoms with van der Waals surface area (Å²) in [5.74, 6) is 1.14. The Morgan fingerprint density at radius 3 is 1.85 bits per heavy atom. The first-order valence-corrected chi connectivity index (χ1v) is 12.1. The van der Waals surface area contributed by atoms with Crippen LogP contribution in [0.2, 0.25) is 0 Å². The molecule has 2 nitrogen and oxygen atoms in total. The molecule has 0 amide bonds. The van der Waals surface area contributed by atoms with E-state index >= 15 is 0 Å². The summed E-state index contributed by atoms with van der Waals surface area (Å²) in [5, 5.41) is 6.19. The standard InChI is InChI=1S/C32H37NO/c1-31(2,3)23-14-16-24(17-15-23)33-29-21-20-28(26-10-8-9-11-27(26)29)30(32(4,5)6)22-12-18-25(34-7)19-13-22/h8-21,30,33H,1-7H3. The van der Waals surface area contributed by atoms with E-state index < -0.39 is 0 Å². The lowest BCUT2D eigenvalue weighted by atomic mass is 9.71. The van der Waals surface area contributed by atoms with Gasteiger partial charge in [-0.3, -0.25) is 0 Å². The number of hydrogen-bond acceptors (Lipinski definition) is 2. The van der Waals surface area contributed by atoms with Crippen molar-refractivity contribution in [3.63, 3.8) is 0 Å². The molecule has 4 rings (SSSR count). The summed E-state index contributed by atoms with van der Waals surface area (Å²) in [4.78, 5) is 0. The summed E-state index contributed by atoms with van der Waals surface area (Å²) in [6, 6.07) is 30.6. The van der Waals surface area contributed by atoms with Crippen LogP contribution in [0.1, 0.15) is 64.2 Å². The molecule has 0 radical (unpaired) electrons. The quantitative estimate of drug-likeness (QED) is 0.327. The smallest absolute Gasteiger partial charge is 0.118 e. The fourth-order valence-corrected chi connectivity index (χ4v) is 4.83. The van der Waals surface area contributed by atoms with Crippen molar-refractivity contribution in [2.45, 2.75) is 52.9 Å². The molecule has 1 N–H and O–H groups in total. The molecule has 0 fully saturated rings. The third-order valence-corrected chi connectivity index (χ3v) is 6.61. The average Bonchev–Trinajstić information content (AvgIpc) is 2.80. The monoisotopic (exact) mass is 451 g/mol. The number of benzene rings is 4. The van der Waals surface area contributed by atoms with E-state index in [1.54, 1.807) is 7.11 Å².